The quantitative estimate of drug-likeness (QED) is 0.226. The van der Waals surface area contributed by atoms with Gasteiger partial charge in [0.05, 0.1) is 29.9 Å². The van der Waals surface area contributed by atoms with Crippen LogP contribution >= 0.6 is 23.2 Å². The summed E-state index contributed by atoms with van der Waals surface area (Å²) in [6, 6.07) is 20.1. The maximum atomic E-state index is 6.31. The number of benzene rings is 3. The molecule has 178 valence electrons. The van der Waals surface area contributed by atoms with Crippen LogP contribution in [0.15, 0.2) is 60.7 Å². The third-order valence-corrected chi connectivity index (χ3v) is 6.88. The Morgan fingerprint density at radius 2 is 1.62 bits per heavy atom. The molecule has 4 nitrogen and oxygen atoms in total. The van der Waals surface area contributed by atoms with E-state index < -0.39 is 0 Å². The van der Waals surface area contributed by atoms with Gasteiger partial charge in [-0.1, -0.05) is 49.2 Å². The molecule has 1 N–H and O–H groups in total. The molecule has 0 aliphatic carbocycles. The largest absolute Gasteiger partial charge is 0.497 e. The van der Waals surface area contributed by atoms with Gasteiger partial charge in [0.1, 0.15) is 5.75 Å². The van der Waals surface area contributed by atoms with Gasteiger partial charge in [-0.25, -0.2) is 4.98 Å². The highest BCUT2D eigenvalue weighted by Crippen LogP contribution is 2.37. The van der Waals surface area contributed by atoms with Crippen LogP contribution < -0.4 is 10.1 Å². The van der Waals surface area contributed by atoms with Crippen LogP contribution in [-0.2, 0) is 0 Å². The van der Waals surface area contributed by atoms with Crippen LogP contribution in [0.1, 0.15) is 38.3 Å². The molecule has 1 aromatic heterocycles. The van der Waals surface area contributed by atoms with Crippen molar-refractivity contribution in [1.82, 2.24) is 9.88 Å². The summed E-state index contributed by atoms with van der Waals surface area (Å²) >= 11 is 12.5. The van der Waals surface area contributed by atoms with E-state index in [1.807, 2.05) is 48.5 Å². The van der Waals surface area contributed by atoms with E-state index in [-0.39, 0.29) is 6.04 Å². The van der Waals surface area contributed by atoms with Crippen molar-refractivity contribution < 1.29 is 4.74 Å². The van der Waals surface area contributed by atoms with Crippen molar-refractivity contribution in [3.05, 3.63) is 76.3 Å². The van der Waals surface area contributed by atoms with E-state index in [1.54, 1.807) is 7.11 Å². The summed E-state index contributed by atoms with van der Waals surface area (Å²) in [5.41, 5.74) is 4.01. The molecule has 4 rings (SSSR count). The predicted octanol–water partition coefficient (Wildman–Crippen LogP) is 7.98. The Morgan fingerprint density at radius 1 is 0.882 bits per heavy atom. The van der Waals surface area contributed by atoms with Gasteiger partial charge in [0.25, 0.3) is 0 Å². The fraction of sp³-hybridized carbons (Fsp3) is 0.321. The molecule has 0 radical (unpaired) electrons. The molecule has 1 atom stereocenters. The Labute approximate surface area is 211 Å². The van der Waals surface area contributed by atoms with Crippen LogP contribution in [0.2, 0.25) is 10.0 Å². The van der Waals surface area contributed by atoms with Crippen molar-refractivity contribution in [2.75, 3.05) is 32.1 Å². The molecule has 4 aromatic rings. The Hall–Kier alpha value is -2.53. The number of aromatic nitrogens is 1. The maximum Gasteiger partial charge on any atom is 0.119 e. The Bertz CT molecular complexity index is 1260. The van der Waals surface area contributed by atoms with Crippen LogP contribution in [0, 0.1) is 0 Å². The first kappa shape index (κ1) is 24.6. The lowest BCUT2D eigenvalue weighted by Gasteiger charge is -2.25. The zero-order valence-electron chi connectivity index (χ0n) is 19.9. The number of hydrogen-bond acceptors (Lipinski definition) is 4. The first-order chi connectivity index (χ1) is 16.5. The third-order valence-electron chi connectivity index (χ3n) is 6.40. The summed E-state index contributed by atoms with van der Waals surface area (Å²) in [7, 11) is 1.69. The number of nitrogens with zero attached hydrogens (tertiary/aromatic N) is 2. The molecular formula is C28H31Cl2N3O. The number of nitrogens with one attached hydrogen (secondary N) is 1. The van der Waals surface area contributed by atoms with Crippen molar-refractivity contribution in [2.24, 2.45) is 0 Å². The topological polar surface area (TPSA) is 37.4 Å². The minimum Gasteiger partial charge on any atom is -0.497 e. The van der Waals surface area contributed by atoms with Crippen LogP contribution in [0.3, 0.4) is 0 Å². The zero-order chi connectivity index (χ0) is 24.1. The smallest absolute Gasteiger partial charge is 0.119 e. The maximum absolute atomic E-state index is 6.31. The molecule has 0 aliphatic rings. The summed E-state index contributed by atoms with van der Waals surface area (Å²) in [4.78, 5) is 7.33. The molecule has 0 saturated heterocycles. The van der Waals surface area contributed by atoms with Gasteiger partial charge in [0, 0.05) is 20.8 Å². The highest BCUT2D eigenvalue weighted by atomic mass is 35.5. The number of halogens is 2. The lowest BCUT2D eigenvalue weighted by Crippen LogP contribution is -2.25. The third kappa shape index (κ3) is 5.57. The van der Waals surface area contributed by atoms with Crippen LogP contribution in [0.4, 0.5) is 5.69 Å². The van der Waals surface area contributed by atoms with Gasteiger partial charge in [-0.05, 0) is 86.6 Å². The monoisotopic (exact) mass is 495 g/mol. The van der Waals surface area contributed by atoms with Gasteiger partial charge in [-0.3, -0.25) is 0 Å². The zero-order valence-corrected chi connectivity index (χ0v) is 21.5. The van der Waals surface area contributed by atoms with Crippen molar-refractivity contribution in [2.45, 2.75) is 32.7 Å². The lowest BCUT2D eigenvalue weighted by atomic mass is 9.99. The second-order valence-electron chi connectivity index (χ2n) is 8.45. The van der Waals surface area contributed by atoms with Gasteiger partial charge in [0.15, 0.2) is 0 Å². The number of rotatable bonds is 10. The summed E-state index contributed by atoms with van der Waals surface area (Å²) in [5, 5.41) is 7.36. The highest BCUT2D eigenvalue weighted by Gasteiger charge is 2.17. The normalized spacial score (nSPS) is 12.4. The molecule has 0 fully saturated rings. The molecule has 0 unspecified atom stereocenters. The van der Waals surface area contributed by atoms with Gasteiger partial charge in [-0.15, -0.1) is 0 Å². The number of anilines is 1. The molecule has 6 heteroatoms. The SMILES string of the molecule is CCN(CC)CCC[C@H](Nc1c2ccc(Cl)cc2nc2ccc(OC)cc12)c1ccc(Cl)cc1. The van der Waals surface area contributed by atoms with E-state index in [9.17, 15) is 0 Å². The fourth-order valence-corrected chi connectivity index (χ4v) is 4.72. The Balaban J connectivity index is 1.78. The molecule has 0 spiro atoms. The van der Waals surface area contributed by atoms with Gasteiger partial charge in [0.2, 0.25) is 0 Å². The molecule has 0 bridgehead atoms. The van der Waals surface area contributed by atoms with Gasteiger partial charge < -0.3 is 15.0 Å². The van der Waals surface area contributed by atoms with Gasteiger partial charge in [-0.2, -0.15) is 0 Å². The summed E-state index contributed by atoms with van der Waals surface area (Å²) in [5.74, 6) is 0.801. The number of methoxy groups -OCH3 is 1. The molecule has 34 heavy (non-hydrogen) atoms. The van der Waals surface area contributed by atoms with Crippen LogP contribution in [0.25, 0.3) is 21.8 Å². The summed E-state index contributed by atoms with van der Waals surface area (Å²) < 4.78 is 5.53. The number of ether oxygens (including phenoxy) is 1. The highest BCUT2D eigenvalue weighted by molar-refractivity contribution is 6.31. The first-order valence-corrected chi connectivity index (χ1v) is 12.6. The fourth-order valence-electron chi connectivity index (χ4n) is 4.43. The van der Waals surface area contributed by atoms with Crippen LogP contribution in [0.5, 0.6) is 5.75 Å². The van der Waals surface area contributed by atoms with Gasteiger partial charge >= 0.3 is 0 Å². The molecule has 0 aliphatic heterocycles. The summed E-state index contributed by atoms with van der Waals surface area (Å²) in [6.07, 6.45) is 2.07. The Morgan fingerprint density at radius 3 is 2.32 bits per heavy atom. The van der Waals surface area contributed by atoms with Crippen molar-refractivity contribution >= 4 is 50.7 Å². The minimum absolute atomic E-state index is 0.114. The van der Waals surface area contributed by atoms with E-state index in [2.05, 4.69) is 36.2 Å². The van der Waals surface area contributed by atoms with Crippen molar-refractivity contribution in [3.8, 4) is 5.75 Å². The second-order valence-corrected chi connectivity index (χ2v) is 9.32. The number of pyridine rings is 1. The van der Waals surface area contributed by atoms with Crippen molar-refractivity contribution in [1.29, 1.82) is 0 Å². The average molecular weight is 496 g/mol. The molecule has 3 aromatic carbocycles. The van der Waals surface area contributed by atoms with E-state index in [0.717, 1.165) is 70.7 Å². The second kappa shape index (κ2) is 11.3. The van der Waals surface area contributed by atoms with E-state index >= 15 is 0 Å². The minimum atomic E-state index is 0.114. The molecule has 0 saturated carbocycles. The van der Waals surface area contributed by atoms with E-state index in [0.29, 0.717) is 5.02 Å². The average Bonchev–Trinajstić information content (AvgIpc) is 2.85. The van der Waals surface area contributed by atoms with Crippen molar-refractivity contribution in [3.63, 3.8) is 0 Å². The summed E-state index contributed by atoms with van der Waals surface area (Å²) in [6.45, 7) is 7.63. The first-order valence-electron chi connectivity index (χ1n) is 11.8. The molecule has 1 heterocycles. The standard InChI is InChI=1S/C28H31Cl2N3O/c1-4-33(5-2)16-6-7-25(19-8-10-20(29)11-9-19)32-28-23-14-12-21(30)17-27(23)31-26-15-13-22(34-3)18-24(26)28/h8-15,17-18,25H,4-7,16H2,1-3H3,(H,31,32)/t25-/m0/s1. The molecular weight excluding hydrogens is 465 g/mol. The van der Waals surface area contributed by atoms with E-state index in [4.69, 9.17) is 32.9 Å². The van der Waals surface area contributed by atoms with Crippen LogP contribution in [-0.4, -0.2) is 36.6 Å². The lowest BCUT2D eigenvalue weighted by molar-refractivity contribution is 0.294. The number of hydrogen-bond donors (Lipinski definition) is 1. The molecule has 0 amide bonds. The van der Waals surface area contributed by atoms with E-state index in [1.165, 1.54) is 5.56 Å². The predicted molar refractivity (Wildman–Crippen MR) is 146 cm³/mol. The number of fused-ring (bicyclic) bond motifs is 2. The Kier molecular flexibility index (Phi) is 8.15.